The summed E-state index contributed by atoms with van der Waals surface area (Å²) in [6.07, 6.45) is 6.84. The van der Waals surface area contributed by atoms with Crippen molar-refractivity contribution < 1.29 is 4.39 Å². The van der Waals surface area contributed by atoms with E-state index in [1.807, 2.05) is 0 Å². The molecule has 0 aromatic heterocycles. The summed E-state index contributed by atoms with van der Waals surface area (Å²) in [6, 6.07) is 6.10. The highest BCUT2D eigenvalue weighted by Crippen LogP contribution is 2.17. The predicted molar refractivity (Wildman–Crippen MR) is 75.5 cm³/mol. The van der Waals surface area contributed by atoms with Crippen LogP contribution in [0.5, 0.6) is 0 Å². The fraction of sp³-hybridized carbons (Fsp3) is 0.400. The second-order valence-electron chi connectivity index (χ2n) is 4.44. The van der Waals surface area contributed by atoms with E-state index in [1.54, 1.807) is 24.5 Å². The van der Waals surface area contributed by atoms with E-state index in [2.05, 4.69) is 18.8 Å². The van der Waals surface area contributed by atoms with Crippen molar-refractivity contribution in [2.24, 2.45) is 16.6 Å². The van der Waals surface area contributed by atoms with E-state index in [0.29, 0.717) is 5.92 Å². The summed E-state index contributed by atoms with van der Waals surface area (Å²) in [6.45, 7) is 4.32. The summed E-state index contributed by atoms with van der Waals surface area (Å²) in [5.74, 6) is 0.152. The zero-order valence-electron chi connectivity index (χ0n) is 11.1. The van der Waals surface area contributed by atoms with E-state index in [4.69, 9.17) is 5.73 Å². The first kappa shape index (κ1) is 14.4. The van der Waals surface area contributed by atoms with Gasteiger partial charge in [-0.2, -0.15) is 0 Å². The van der Waals surface area contributed by atoms with Gasteiger partial charge < -0.3 is 5.73 Å². The van der Waals surface area contributed by atoms with Gasteiger partial charge in [0.05, 0.1) is 5.69 Å². The lowest BCUT2D eigenvalue weighted by molar-refractivity contribution is 0.586. The lowest BCUT2D eigenvalue weighted by Gasteiger charge is -2.10. The molecule has 0 spiro atoms. The smallest absolute Gasteiger partial charge is 0.123 e. The molecule has 3 heteroatoms. The van der Waals surface area contributed by atoms with Crippen molar-refractivity contribution in [2.75, 3.05) is 0 Å². The van der Waals surface area contributed by atoms with Crippen molar-refractivity contribution in [1.29, 1.82) is 0 Å². The topological polar surface area (TPSA) is 38.4 Å². The molecular formula is C15H21FN2. The molecule has 1 atom stereocenters. The van der Waals surface area contributed by atoms with Gasteiger partial charge >= 0.3 is 0 Å². The van der Waals surface area contributed by atoms with E-state index >= 15 is 0 Å². The summed E-state index contributed by atoms with van der Waals surface area (Å²) >= 11 is 0. The van der Waals surface area contributed by atoms with Crippen molar-refractivity contribution in [3.8, 4) is 0 Å². The van der Waals surface area contributed by atoms with Crippen LogP contribution in [0.3, 0.4) is 0 Å². The van der Waals surface area contributed by atoms with Crippen molar-refractivity contribution in [1.82, 2.24) is 0 Å². The van der Waals surface area contributed by atoms with Gasteiger partial charge in [-0.05, 0) is 48.4 Å². The number of rotatable bonds is 6. The minimum absolute atomic E-state index is 0.250. The zero-order chi connectivity index (χ0) is 13.4. The summed E-state index contributed by atoms with van der Waals surface area (Å²) < 4.78 is 12.7. The van der Waals surface area contributed by atoms with Gasteiger partial charge in [-0.15, -0.1) is 0 Å². The largest absolute Gasteiger partial charge is 0.404 e. The number of allylic oxidation sites excluding steroid dienone is 1. The van der Waals surface area contributed by atoms with Crippen molar-refractivity contribution in [3.63, 3.8) is 0 Å². The highest BCUT2D eigenvalue weighted by molar-refractivity contribution is 5.81. The van der Waals surface area contributed by atoms with Crippen LogP contribution in [-0.2, 0) is 0 Å². The molecular weight excluding hydrogens is 227 g/mol. The first-order valence-corrected chi connectivity index (χ1v) is 6.38. The molecule has 2 N–H and O–H groups in total. The highest BCUT2D eigenvalue weighted by Gasteiger charge is 2.05. The van der Waals surface area contributed by atoms with E-state index in [-0.39, 0.29) is 5.82 Å². The van der Waals surface area contributed by atoms with Crippen LogP contribution in [0.25, 0.3) is 0 Å². The van der Waals surface area contributed by atoms with E-state index in [9.17, 15) is 4.39 Å². The van der Waals surface area contributed by atoms with Crippen LogP contribution in [0.2, 0.25) is 0 Å². The third-order valence-corrected chi connectivity index (χ3v) is 2.94. The van der Waals surface area contributed by atoms with Crippen LogP contribution in [0.15, 0.2) is 41.0 Å². The quantitative estimate of drug-likeness (QED) is 0.753. The Balaban J connectivity index is 2.65. The van der Waals surface area contributed by atoms with Crippen LogP contribution in [-0.4, -0.2) is 6.21 Å². The molecule has 0 bridgehead atoms. The Labute approximate surface area is 108 Å². The standard InChI is InChI=1S/C15H21FN2/c1-3-4-5-12(2)13(10-17)11-18-15-8-6-14(16)7-9-15/h6-12H,3-5,17H2,1-2H3/b13-10+,18-11?. The molecule has 0 saturated heterocycles. The predicted octanol–water partition coefficient (Wildman–Crippen LogP) is 4.20. The molecule has 2 nitrogen and oxygen atoms in total. The molecule has 1 rings (SSSR count). The van der Waals surface area contributed by atoms with Gasteiger partial charge in [0.15, 0.2) is 0 Å². The summed E-state index contributed by atoms with van der Waals surface area (Å²) in [5, 5.41) is 0. The molecule has 1 unspecified atom stereocenters. The van der Waals surface area contributed by atoms with Crippen LogP contribution in [0.1, 0.15) is 33.1 Å². The van der Waals surface area contributed by atoms with E-state index < -0.39 is 0 Å². The van der Waals surface area contributed by atoms with Gasteiger partial charge in [0.2, 0.25) is 0 Å². The Morgan fingerprint density at radius 2 is 2.06 bits per heavy atom. The van der Waals surface area contributed by atoms with Gasteiger partial charge in [0.1, 0.15) is 5.82 Å². The molecule has 0 fully saturated rings. The Bertz CT molecular complexity index is 407. The maximum atomic E-state index is 12.7. The number of unbranched alkanes of at least 4 members (excludes halogenated alkanes) is 1. The van der Waals surface area contributed by atoms with Crippen molar-refractivity contribution in [3.05, 3.63) is 41.9 Å². The van der Waals surface area contributed by atoms with Gasteiger partial charge in [-0.3, -0.25) is 4.99 Å². The van der Waals surface area contributed by atoms with Gasteiger partial charge in [0.25, 0.3) is 0 Å². The molecule has 1 aromatic rings. The fourth-order valence-electron chi connectivity index (χ4n) is 1.69. The number of halogens is 1. The minimum atomic E-state index is -0.250. The van der Waals surface area contributed by atoms with Gasteiger partial charge in [-0.25, -0.2) is 4.39 Å². The lowest BCUT2D eigenvalue weighted by atomic mass is 9.97. The van der Waals surface area contributed by atoms with Crippen LogP contribution < -0.4 is 5.73 Å². The second kappa shape index (κ2) is 7.64. The number of hydrogen-bond donors (Lipinski definition) is 1. The molecule has 0 heterocycles. The molecule has 0 aliphatic carbocycles. The fourth-order valence-corrected chi connectivity index (χ4v) is 1.69. The number of aliphatic imine (C=N–C) groups is 1. The van der Waals surface area contributed by atoms with Crippen LogP contribution in [0, 0.1) is 11.7 Å². The first-order valence-electron chi connectivity index (χ1n) is 6.38. The van der Waals surface area contributed by atoms with Crippen LogP contribution in [0.4, 0.5) is 10.1 Å². The van der Waals surface area contributed by atoms with E-state index in [1.165, 1.54) is 25.0 Å². The van der Waals surface area contributed by atoms with Crippen molar-refractivity contribution >= 4 is 11.9 Å². The molecule has 0 saturated carbocycles. The average molecular weight is 248 g/mol. The Morgan fingerprint density at radius 1 is 1.39 bits per heavy atom. The van der Waals surface area contributed by atoms with Gasteiger partial charge in [-0.1, -0.05) is 26.7 Å². The maximum Gasteiger partial charge on any atom is 0.123 e. The summed E-state index contributed by atoms with van der Waals surface area (Å²) in [5.41, 5.74) is 7.38. The molecule has 18 heavy (non-hydrogen) atoms. The van der Waals surface area contributed by atoms with Crippen LogP contribution >= 0.6 is 0 Å². The van der Waals surface area contributed by atoms with Gasteiger partial charge in [0, 0.05) is 6.21 Å². The Morgan fingerprint density at radius 3 is 2.61 bits per heavy atom. The number of benzene rings is 1. The minimum Gasteiger partial charge on any atom is -0.404 e. The maximum absolute atomic E-state index is 12.7. The summed E-state index contributed by atoms with van der Waals surface area (Å²) in [7, 11) is 0. The molecule has 98 valence electrons. The molecule has 1 aromatic carbocycles. The Kier molecular flexibility index (Phi) is 6.12. The monoisotopic (exact) mass is 248 g/mol. The third-order valence-electron chi connectivity index (χ3n) is 2.94. The first-order chi connectivity index (χ1) is 8.67. The SMILES string of the molecule is CCCCC(C)/C(C=Nc1ccc(F)cc1)=C/N. The lowest BCUT2D eigenvalue weighted by Crippen LogP contribution is -2.03. The normalized spacial score (nSPS) is 14.1. The molecule has 0 aliphatic rings. The highest BCUT2D eigenvalue weighted by atomic mass is 19.1. The number of nitrogens with two attached hydrogens (primary N) is 1. The zero-order valence-corrected chi connectivity index (χ0v) is 11.1. The molecule has 0 amide bonds. The molecule has 0 radical (unpaired) electrons. The van der Waals surface area contributed by atoms with E-state index in [0.717, 1.165) is 17.7 Å². The number of hydrogen-bond acceptors (Lipinski definition) is 2. The Hall–Kier alpha value is -1.64. The summed E-state index contributed by atoms with van der Waals surface area (Å²) in [4.78, 5) is 4.31. The average Bonchev–Trinajstić information content (AvgIpc) is 2.39. The third kappa shape index (κ3) is 4.70. The second-order valence-corrected chi connectivity index (χ2v) is 4.44. The van der Waals surface area contributed by atoms with Crippen molar-refractivity contribution in [2.45, 2.75) is 33.1 Å². The number of nitrogens with zero attached hydrogens (tertiary/aromatic N) is 1. The molecule has 0 aliphatic heterocycles.